The van der Waals surface area contributed by atoms with E-state index in [0.717, 1.165) is 38.9 Å². The van der Waals surface area contributed by atoms with Gasteiger partial charge in [0.2, 0.25) is 0 Å². The summed E-state index contributed by atoms with van der Waals surface area (Å²) < 4.78 is 5.23. The predicted molar refractivity (Wildman–Crippen MR) is 129 cm³/mol. The van der Waals surface area contributed by atoms with Crippen LogP contribution in [0.2, 0.25) is 0 Å². The molecule has 0 fully saturated rings. The number of methoxy groups -OCH3 is 1. The molecular weight excluding hydrogens is 390 g/mol. The van der Waals surface area contributed by atoms with Crippen LogP contribution in [0, 0.1) is 6.92 Å². The average Bonchev–Trinajstić information content (AvgIpc) is 2.79. The monoisotopic (exact) mass is 417 g/mol. The second-order valence-electron chi connectivity index (χ2n) is 6.86. The molecule has 0 unspecified atom stereocenters. The summed E-state index contributed by atoms with van der Waals surface area (Å²) in [6.07, 6.45) is 2.04. The van der Waals surface area contributed by atoms with Crippen LogP contribution in [0.15, 0.2) is 82.9 Å². The van der Waals surface area contributed by atoms with Crippen molar-refractivity contribution in [3.8, 4) is 5.75 Å². The van der Waals surface area contributed by atoms with Crippen molar-refractivity contribution in [1.29, 1.82) is 0 Å². The Balaban J connectivity index is 1.97. The molecule has 0 atom stereocenters. The number of hydrazone groups is 1. The molecule has 30 heavy (non-hydrogen) atoms. The summed E-state index contributed by atoms with van der Waals surface area (Å²) in [6.45, 7) is 4.73. The Morgan fingerprint density at radius 3 is 2.40 bits per heavy atom. The van der Waals surface area contributed by atoms with Crippen molar-refractivity contribution in [3.05, 3.63) is 95.1 Å². The zero-order chi connectivity index (χ0) is 21.3. The van der Waals surface area contributed by atoms with Crippen molar-refractivity contribution >= 4 is 28.2 Å². The van der Waals surface area contributed by atoms with Gasteiger partial charge < -0.3 is 10.2 Å². The van der Waals surface area contributed by atoms with Gasteiger partial charge in [-0.2, -0.15) is 5.10 Å². The lowest BCUT2D eigenvalue weighted by atomic mass is 9.99. The van der Waals surface area contributed by atoms with Crippen LogP contribution in [0.1, 0.15) is 29.2 Å². The van der Waals surface area contributed by atoms with Crippen LogP contribution in [0.25, 0.3) is 0 Å². The summed E-state index contributed by atoms with van der Waals surface area (Å²) in [4.78, 5) is 4.81. The molecule has 0 saturated heterocycles. The number of nitrogens with one attached hydrogen (secondary N) is 1. The fraction of sp³-hybridized carbons (Fsp3) is 0.200. The van der Waals surface area contributed by atoms with E-state index in [1.165, 1.54) is 5.56 Å². The van der Waals surface area contributed by atoms with E-state index in [9.17, 15) is 0 Å². The van der Waals surface area contributed by atoms with Gasteiger partial charge in [-0.05, 0) is 49.9 Å². The predicted octanol–water partition coefficient (Wildman–Crippen LogP) is 5.96. The minimum Gasteiger partial charge on any atom is -0.497 e. The third-order valence-electron chi connectivity index (χ3n) is 4.66. The number of ether oxygens (including phenoxy) is 1. The third-order valence-corrected chi connectivity index (χ3v) is 5.34. The average molecular weight is 418 g/mol. The van der Waals surface area contributed by atoms with E-state index in [0.29, 0.717) is 6.54 Å². The molecule has 4 nitrogen and oxygen atoms in total. The molecule has 0 bridgehead atoms. The first-order valence-corrected chi connectivity index (χ1v) is 11.0. The molecule has 3 aromatic rings. The van der Waals surface area contributed by atoms with Gasteiger partial charge in [0.25, 0.3) is 0 Å². The van der Waals surface area contributed by atoms with Crippen LogP contribution in [-0.2, 0) is 6.54 Å². The number of aliphatic imine (C=N–C) groups is 1. The number of nitrogens with zero attached hydrogens (tertiary/aromatic N) is 2. The highest BCUT2D eigenvalue weighted by Crippen LogP contribution is 2.25. The quantitative estimate of drug-likeness (QED) is 0.293. The molecule has 0 saturated carbocycles. The summed E-state index contributed by atoms with van der Waals surface area (Å²) in [5.41, 5.74) is 9.40. The highest BCUT2D eigenvalue weighted by molar-refractivity contribution is 8.13. The highest BCUT2D eigenvalue weighted by Gasteiger charge is 2.13. The first kappa shape index (κ1) is 21.7. The first-order chi connectivity index (χ1) is 14.6. The molecule has 0 spiro atoms. The van der Waals surface area contributed by atoms with Gasteiger partial charge >= 0.3 is 0 Å². The number of hydrogen-bond donors (Lipinski definition) is 1. The lowest BCUT2D eigenvalue weighted by Gasteiger charge is -2.13. The molecule has 0 aliphatic carbocycles. The number of thioether (sulfide) groups is 1. The second-order valence-corrected chi connectivity index (χ2v) is 7.86. The normalized spacial score (nSPS) is 12.0. The summed E-state index contributed by atoms with van der Waals surface area (Å²) in [5, 5.41) is 5.81. The Bertz CT molecular complexity index is 1030. The molecule has 0 aliphatic rings. The molecule has 0 aromatic heterocycles. The van der Waals surface area contributed by atoms with Crippen molar-refractivity contribution in [3.63, 3.8) is 0 Å². The van der Waals surface area contributed by atoms with Gasteiger partial charge in [0, 0.05) is 11.1 Å². The van der Waals surface area contributed by atoms with Crippen LogP contribution in [0.3, 0.4) is 0 Å². The Hall–Kier alpha value is -3.05. The van der Waals surface area contributed by atoms with E-state index < -0.39 is 0 Å². The maximum absolute atomic E-state index is 5.23. The van der Waals surface area contributed by atoms with Crippen LogP contribution in [0.5, 0.6) is 5.75 Å². The van der Waals surface area contributed by atoms with E-state index in [4.69, 9.17) is 14.8 Å². The minimum atomic E-state index is 0.620. The fourth-order valence-corrected chi connectivity index (χ4v) is 3.17. The number of aryl methyl sites for hydroxylation is 1. The fourth-order valence-electron chi connectivity index (χ4n) is 2.98. The largest absolute Gasteiger partial charge is 0.497 e. The zero-order valence-electron chi connectivity index (χ0n) is 17.8. The van der Waals surface area contributed by atoms with Crippen molar-refractivity contribution in [2.45, 2.75) is 20.4 Å². The Morgan fingerprint density at radius 1 is 1.00 bits per heavy atom. The highest BCUT2D eigenvalue weighted by atomic mass is 32.2. The lowest BCUT2D eigenvalue weighted by Crippen LogP contribution is -2.13. The summed E-state index contributed by atoms with van der Waals surface area (Å²) in [5.74, 6) is 0.846. The summed E-state index contributed by atoms with van der Waals surface area (Å²) >= 11 is 1.64. The van der Waals surface area contributed by atoms with Gasteiger partial charge in [0.1, 0.15) is 5.75 Å². The van der Waals surface area contributed by atoms with Crippen LogP contribution in [-0.4, -0.2) is 24.1 Å². The van der Waals surface area contributed by atoms with E-state index in [1.54, 1.807) is 18.9 Å². The van der Waals surface area contributed by atoms with Gasteiger partial charge in [0.15, 0.2) is 0 Å². The van der Waals surface area contributed by atoms with E-state index >= 15 is 0 Å². The van der Waals surface area contributed by atoms with E-state index in [2.05, 4.69) is 42.7 Å². The maximum Gasteiger partial charge on any atom is 0.118 e. The minimum absolute atomic E-state index is 0.620. The van der Waals surface area contributed by atoms with Crippen molar-refractivity contribution in [2.75, 3.05) is 13.4 Å². The number of hydrogen-bond acceptors (Lipinski definition) is 5. The Labute approximate surface area is 183 Å². The maximum atomic E-state index is 5.23. The summed E-state index contributed by atoms with van der Waals surface area (Å²) in [6, 6.07) is 24.5. The first-order valence-electron chi connectivity index (χ1n) is 9.80. The molecular formula is C25H27N3OS. The standard InChI is InChI=1S/C25H27N3OS/c1-18-10-15-24(27-19(2)30-4)23(16-18)25(21-8-6-5-7-9-21)28-26-17-20-11-13-22(29-3)14-12-20/h5-16,26H,17H2,1-4H3/b27-19?,28-25-. The molecule has 0 radical (unpaired) electrons. The van der Waals surface area contributed by atoms with Gasteiger partial charge in [-0.1, -0.05) is 54.1 Å². The molecule has 0 aliphatic heterocycles. The number of rotatable bonds is 7. The number of benzene rings is 3. The van der Waals surface area contributed by atoms with Crippen molar-refractivity contribution in [1.82, 2.24) is 5.43 Å². The molecule has 0 amide bonds. The van der Waals surface area contributed by atoms with E-state index in [1.807, 2.05) is 55.6 Å². The van der Waals surface area contributed by atoms with Gasteiger partial charge in [-0.3, -0.25) is 0 Å². The topological polar surface area (TPSA) is 46.0 Å². The Kier molecular flexibility index (Phi) is 7.69. The van der Waals surface area contributed by atoms with Crippen LogP contribution >= 0.6 is 11.8 Å². The van der Waals surface area contributed by atoms with Gasteiger partial charge in [-0.25, -0.2) is 4.99 Å². The molecule has 5 heteroatoms. The van der Waals surface area contributed by atoms with Crippen LogP contribution in [0.4, 0.5) is 5.69 Å². The third kappa shape index (κ3) is 5.74. The molecule has 0 heterocycles. The summed E-state index contributed by atoms with van der Waals surface area (Å²) in [7, 11) is 1.67. The molecule has 1 N–H and O–H groups in total. The van der Waals surface area contributed by atoms with Crippen molar-refractivity contribution < 1.29 is 4.74 Å². The lowest BCUT2D eigenvalue weighted by molar-refractivity contribution is 0.414. The Morgan fingerprint density at radius 2 is 1.73 bits per heavy atom. The molecule has 154 valence electrons. The van der Waals surface area contributed by atoms with Crippen molar-refractivity contribution in [2.24, 2.45) is 10.1 Å². The molecule has 3 aromatic carbocycles. The van der Waals surface area contributed by atoms with E-state index in [-0.39, 0.29) is 0 Å². The molecule has 3 rings (SSSR count). The van der Waals surface area contributed by atoms with Crippen LogP contribution < -0.4 is 10.2 Å². The second kappa shape index (κ2) is 10.6. The zero-order valence-corrected chi connectivity index (χ0v) is 18.7. The SMILES string of the molecule is COc1ccc(CN/N=C(/c2ccccc2)c2cc(C)ccc2N=C(C)SC)cc1. The smallest absolute Gasteiger partial charge is 0.118 e. The van der Waals surface area contributed by atoms with Gasteiger partial charge in [0.05, 0.1) is 30.1 Å². The van der Waals surface area contributed by atoms with Gasteiger partial charge in [-0.15, -0.1) is 11.8 Å².